The van der Waals surface area contributed by atoms with E-state index in [1.54, 1.807) is 12.1 Å². The third-order valence-corrected chi connectivity index (χ3v) is 2.66. The summed E-state index contributed by atoms with van der Waals surface area (Å²) in [6.45, 7) is 0.246. The van der Waals surface area contributed by atoms with Gasteiger partial charge in [0.05, 0.1) is 0 Å². The van der Waals surface area contributed by atoms with E-state index in [0.29, 0.717) is 22.9 Å². The highest BCUT2D eigenvalue weighted by atomic mass is 35.5. The highest BCUT2D eigenvalue weighted by Crippen LogP contribution is 2.38. The van der Waals surface area contributed by atoms with Crippen LogP contribution in [0.3, 0.4) is 0 Å². The van der Waals surface area contributed by atoms with Crippen LogP contribution in [0.15, 0.2) is 12.1 Å². The molecule has 0 saturated carbocycles. The minimum absolute atomic E-state index is 0.0337. The summed E-state index contributed by atoms with van der Waals surface area (Å²) in [5.41, 5.74) is 6.63. The second-order valence-corrected chi connectivity index (χ2v) is 3.75. The number of aliphatic hydroxyl groups is 1. The van der Waals surface area contributed by atoms with Crippen LogP contribution in [-0.4, -0.2) is 18.5 Å². The molecule has 1 aliphatic heterocycles. The average Bonchev–Trinajstić information content (AvgIpc) is 2.63. The molecule has 0 amide bonds. The van der Waals surface area contributed by atoms with Gasteiger partial charge in [0.15, 0.2) is 11.5 Å². The molecule has 15 heavy (non-hydrogen) atoms. The lowest BCUT2D eigenvalue weighted by molar-refractivity contribution is 0.174. The second-order valence-electron chi connectivity index (χ2n) is 3.35. The van der Waals surface area contributed by atoms with Crippen LogP contribution in [-0.2, 0) is 0 Å². The van der Waals surface area contributed by atoms with E-state index in [9.17, 15) is 0 Å². The van der Waals surface area contributed by atoms with Gasteiger partial charge in [0.1, 0.15) is 0 Å². The Morgan fingerprint density at radius 2 is 2.07 bits per heavy atom. The predicted molar refractivity (Wildman–Crippen MR) is 56.2 cm³/mol. The topological polar surface area (TPSA) is 64.7 Å². The number of nitrogens with two attached hydrogens (primary N) is 1. The fourth-order valence-electron chi connectivity index (χ4n) is 1.51. The van der Waals surface area contributed by atoms with Crippen LogP contribution in [0.4, 0.5) is 0 Å². The zero-order valence-corrected chi connectivity index (χ0v) is 8.83. The van der Waals surface area contributed by atoms with E-state index in [1.165, 1.54) is 0 Å². The first kappa shape index (κ1) is 10.5. The van der Waals surface area contributed by atoms with Crippen molar-refractivity contribution in [3.05, 3.63) is 22.7 Å². The molecule has 3 N–H and O–H groups in total. The molecule has 0 saturated heterocycles. The number of hydrogen-bond donors (Lipinski definition) is 2. The van der Waals surface area contributed by atoms with Crippen LogP contribution < -0.4 is 15.2 Å². The molecule has 2 rings (SSSR count). The summed E-state index contributed by atoms with van der Waals surface area (Å²) >= 11 is 6.04. The maximum absolute atomic E-state index is 8.80. The molecule has 1 atom stereocenters. The van der Waals surface area contributed by atoms with Gasteiger partial charge < -0.3 is 20.3 Å². The number of aliphatic hydroxyl groups excluding tert-OH is 1. The zero-order chi connectivity index (χ0) is 10.8. The minimum atomic E-state index is -0.281. The van der Waals surface area contributed by atoms with E-state index >= 15 is 0 Å². The van der Waals surface area contributed by atoms with Crippen molar-refractivity contribution in [1.82, 2.24) is 0 Å². The van der Waals surface area contributed by atoms with Crippen LogP contribution in [0.1, 0.15) is 18.0 Å². The molecule has 0 aliphatic carbocycles. The molecule has 0 radical (unpaired) electrons. The molecular formula is C10H12ClNO3. The fraction of sp³-hybridized carbons (Fsp3) is 0.400. The van der Waals surface area contributed by atoms with E-state index in [-0.39, 0.29) is 19.4 Å². The van der Waals surface area contributed by atoms with Crippen LogP contribution in [0.5, 0.6) is 11.5 Å². The van der Waals surface area contributed by atoms with E-state index in [2.05, 4.69) is 0 Å². The van der Waals surface area contributed by atoms with Gasteiger partial charge in [-0.3, -0.25) is 0 Å². The third kappa shape index (κ3) is 2.02. The molecule has 0 bridgehead atoms. The van der Waals surface area contributed by atoms with Gasteiger partial charge in [-0.2, -0.15) is 0 Å². The largest absolute Gasteiger partial charge is 0.454 e. The molecule has 82 valence electrons. The van der Waals surface area contributed by atoms with E-state index in [0.717, 1.165) is 5.56 Å². The van der Waals surface area contributed by atoms with Crippen molar-refractivity contribution < 1.29 is 14.6 Å². The number of ether oxygens (including phenoxy) is 2. The lowest BCUT2D eigenvalue weighted by Crippen LogP contribution is -2.12. The average molecular weight is 230 g/mol. The van der Waals surface area contributed by atoms with Gasteiger partial charge in [0.25, 0.3) is 0 Å². The standard InChI is InChI=1S/C10H12ClNO3/c11-7-4-10-9(14-5-15-10)3-6(7)8(12)1-2-13/h3-4,8,13H,1-2,5,12H2/t8-/m1/s1. The monoisotopic (exact) mass is 229 g/mol. The van der Waals surface area contributed by atoms with Crippen molar-refractivity contribution in [2.75, 3.05) is 13.4 Å². The molecule has 1 heterocycles. The van der Waals surface area contributed by atoms with E-state index in [1.807, 2.05) is 0 Å². The lowest BCUT2D eigenvalue weighted by atomic mass is 10.0. The summed E-state index contributed by atoms with van der Waals surface area (Å²) < 4.78 is 10.4. The first-order valence-corrected chi connectivity index (χ1v) is 5.05. The normalized spacial score (nSPS) is 15.4. The van der Waals surface area contributed by atoms with Crippen LogP contribution in [0.25, 0.3) is 0 Å². The minimum Gasteiger partial charge on any atom is -0.454 e. The predicted octanol–water partition coefficient (Wildman–Crippen LogP) is 1.45. The molecule has 5 heteroatoms. The molecule has 0 spiro atoms. The summed E-state index contributed by atoms with van der Waals surface area (Å²) in [6, 6.07) is 3.18. The molecule has 1 aromatic carbocycles. The Kier molecular flexibility index (Phi) is 3.00. The van der Waals surface area contributed by atoms with Gasteiger partial charge in [-0.25, -0.2) is 0 Å². The SMILES string of the molecule is N[C@H](CCO)c1cc2c(cc1Cl)OCO2. The van der Waals surface area contributed by atoms with Crippen molar-refractivity contribution >= 4 is 11.6 Å². The molecule has 4 nitrogen and oxygen atoms in total. The Morgan fingerprint density at radius 3 is 2.73 bits per heavy atom. The van der Waals surface area contributed by atoms with Crippen molar-refractivity contribution in [3.8, 4) is 11.5 Å². The van der Waals surface area contributed by atoms with Crippen molar-refractivity contribution in [1.29, 1.82) is 0 Å². The number of hydrogen-bond acceptors (Lipinski definition) is 4. The van der Waals surface area contributed by atoms with Gasteiger partial charge in [0.2, 0.25) is 6.79 Å². The zero-order valence-electron chi connectivity index (χ0n) is 8.07. The van der Waals surface area contributed by atoms with Crippen molar-refractivity contribution in [2.45, 2.75) is 12.5 Å². The first-order valence-electron chi connectivity index (χ1n) is 4.68. The van der Waals surface area contributed by atoms with Gasteiger partial charge in [0, 0.05) is 23.7 Å². The smallest absolute Gasteiger partial charge is 0.231 e. The van der Waals surface area contributed by atoms with Crippen LogP contribution in [0.2, 0.25) is 5.02 Å². The number of fused-ring (bicyclic) bond motifs is 1. The number of halogens is 1. The third-order valence-electron chi connectivity index (χ3n) is 2.33. The van der Waals surface area contributed by atoms with Crippen LogP contribution in [0, 0.1) is 0 Å². The van der Waals surface area contributed by atoms with Gasteiger partial charge in [-0.15, -0.1) is 0 Å². The van der Waals surface area contributed by atoms with E-state index < -0.39 is 0 Å². The summed E-state index contributed by atoms with van der Waals surface area (Å²) in [5, 5.41) is 9.35. The van der Waals surface area contributed by atoms with Gasteiger partial charge in [-0.05, 0) is 18.1 Å². The Hall–Kier alpha value is -0.970. The Bertz CT molecular complexity index is 370. The summed E-state index contributed by atoms with van der Waals surface area (Å²) in [5.74, 6) is 1.29. The molecule has 0 aromatic heterocycles. The number of rotatable bonds is 3. The highest BCUT2D eigenvalue weighted by molar-refractivity contribution is 6.31. The molecule has 0 unspecified atom stereocenters. The second kappa shape index (κ2) is 4.26. The fourth-order valence-corrected chi connectivity index (χ4v) is 1.81. The van der Waals surface area contributed by atoms with Crippen molar-refractivity contribution in [2.24, 2.45) is 5.73 Å². The molecule has 1 aliphatic rings. The van der Waals surface area contributed by atoms with Gasteiger partial charge in [-0.1, -0.05) is 11.6 Å². The quantitative estimate of drug-likeness (QED) is 0.824. The van der Waals surface area contributed by atoms with Crippen LogP contribution >= 0.6 is 11.6 Å². The number of benzene rings is 1. The summed E-state index contributed by atoms with van der Waals surface area (Å²) in [6.07, 6.45) is 0.472. The van der Waals surface area contributed by atoms with Crippen molar-refractivity contribution in [3.63, 3.8) is 0 Å². The molecule has 1 aromatic rings. The Morgan fingerprint density at radius 1 is 1.40 bits per heavy atom. The maximum atomic E-state index is 8.80. The van der Waals surface area contributed by atoms with E-state index in [4.69, 9.17) is 31.9 Å². The Labute approximate surface area is 92.5 Å². The maximum Gasteiger partial charge on any atom is 0.231 e. The lowest BCUT2D eigenvalue weighted by Gasteiger charge is -2.12. The first-order chi connectivity index (χ1) is 7.22. The highest BCUT2D eigenvalue weighted by Gasteiger charge is 2.19. The molecule has 0 fully saturated rings. The Balaban J connectivity index is 2.31. The van der Waals surface area contributed by atoms with Gasteiger partial charge >= 0.3 is 0 Å². The molecular weight excluding hydrogens is 218 g/mol. The summed E-state index contributed by atoms with van der Waals surface area (Å²) in [7, 11) is 0. The summed E-state index contributed by atoms with van der Waals surface area (Å²) in [4.78, 5) is 0.